The highest BCUT2D eigenvalue weighted by Crippen LogP contribution is 2.30. The molecule has 3 rings (SSSR count). The molecule has 24 heavy (non-hydrogen) atoms. The molecule has 0 heterocycles. The maximum atomic E-state index is 12.2. The SMILES string of the molecule is O=C(CC[C@@H](O)CCC1Cc2ccccc2C1)c1ccccc1Cl. The van der Waals surface area contributed by atoms with Gasteiger partial charge in [0, 0.05) is 12.0 Å². The Morgan fingerprint density at radius 3 is 2.33 bits per heavy atom. The van der Waals surface area contributed by atoms with Crippen LogP contribution in [0.15, 0.2) is 48.5 Å². The van der Waals surface area contributed by atoms with Gasteiger partial charge in [-0.3, -0.25) is 4.79 Å². The van der Waals surface area contributed by atoms with Crippen molar-refractivity contribution in [1.82, 2.24) is 0 Å². The van der Waals surface area contributed by atoms with Crippen LogP contribution in [0.25, 0.3) is 0 Å². The number of ketones is 1. The lowest BCUT2D eigenvalue weighted by Gasteiger charge is -2.14. The first-order chi connectivity index (χ1) is 11.6. The highest BCUT2D eigenvalue weighted by atomic mass is 35.5. The number of benzene rings is 2. The number of Topliss-reactive ketones (excluding diaryl/α,β-unsaturated/α-hetero) is 1. The van der Waals surface area contributed by atoms with Crippen molar-refractivity contribution in [2.45, 2.75) is 44.6 Å². The molecule has 0 aromatic heterocycles. The van der Waals surface area contributed by atoms with Crippen LogP contribution in [0.2, 0.25) is 5.02 Å². The van der Waals surface area contributed by atoms with E-state index in [2.05, 4.69) is 24.3 Å². The highest BCUT2D eigenvalue weighted by molar-refractivity contribution is 6.33. The molecule has 0 aliphatic heterocycles. The molecule has 2 aromatic rings. The second-order valence-corrected chi connectivity index (χ2v) is 7.12. The summed E-state index contributed by atoms with van der Waals surface area (Å²) < 4.78 is 0. The first-order valence-corrected chi connectivity index (χ1v) is 9.04. The average Bonchev–Trinajstić information content (AvgIpc) is 3.01. The Bertz CT molecular complexity index is 685. The third kappa shape index (κ3) is 4.25. The van der Waals surface area contributed by atoms with E-state index < -0.39 is 6.10 Å². The van der Waals surface area contributed by atoms with Crippen LogP contribution in [0.4, 0.5) is 0 Å². The van der Waals surface area contributed by atoms with Crippen molar-refractivity contribution in [3.63, 3.8) is 0 Å². The van der Waals surface area contributed by atoms with Crippen molar-refractivity contribution in [3.05, 3.63) is 70.2 Å². The molecule has 1 atom stereocenters. The zero-order valence-electron chi connectivity index (χ0n) is 13.7. The lowest BCUT2D eigenvalue weighted by molar-refractivity contribution is 0.0927. The number of hydrogen-bond acceptors (Lipinski definition) is 2. The van der Waals surface area contributed by atoms with Crippen LogP contribution in [-0.2, 0) is 12.8 Å². The van der Waals surface area contributed by atoms with Gasteiger partial charge in [-0.15, -0.1) is 0 Å². The largest absolute Gasteiger partial charge is 0.393 e. The summed E-state index contributed by atoms with van der Waals surface area (Å²) in [7, 11) is 0. The van der Waals surface area contributed by atoms with E-state index in [1.807, 2.05) is 12.1 Å². The summed E-state index contributed by atoms with van der Waals surface area (Å²) in [6.45, 7) is 0. The summed E-state index contributed by atoms with van der Waals surface area (Å²) in [6, 6.07) is 15.7. The van der Waals surface area contributed by atoms with Crippen LogP contribution < -0.4 is 0 Å². The van der Waals surface area contributed by atoms with Gasteiger partial charge >= 0.3 is 0 Å². The summed E-state index contributed by atoms with van der Waals surface area (Å²) in [5.74, 6) is 0.629. The van der Waals surface area contributed by atoms with Crippen LogP contribution >= 0.6 is 11.6 Å². The summed E-state index contributed by atoms with van der Waals surface area (Å²) in [4.78, 5) is 12.2. The number of halogens is 1. The molecule has 0 unspecified atom stereocenters. The maximum Gasteiger partial charge on any atom is 0.164 e. The van der Waals surface area contributed by atoms with Crippen LogP contribution in [0.3, 0.4) is 0 Å². The van der Waals surface area contributed by atoms with Crippen molar-refractivity contribution in [2.24, 2.45) is 5.92 Å². The highest BCUT2D eigenvalue weighted by Gasteiger charge is 2.21. The quantitative estimate of drug-likeness (QED) is 0.730. The monoisotopic (exact) mass is 342 g/mol. The van der Waals surface area contributed by atoms with E-state index in [1.165, 1.54) is 11.1 Å². The summed E-state index contributed by atoms with van der Waals surface area (Å²) >= 11 is 6.04. The fraction of sp³-hybridized carbons (Fsp3) is 0.381. The fourth-order valence-electron chi connectivity index (χ4n) is 3.55. The van der Waals surface area contributed by atoms with Gasteiger partial charge in [0.25, 0.3) is 0 Å². The Balaban J connectivity index is 1.41. The molecule has 2 nitrogen and oxygen atoms in total. The van der Waals surface area contributed by atoms with Crippen LogP contribution in [0.1, 0.15) is 47.2 Å². The first kappa shape index (κ1) is 17.2. The minimum absolute atomic E-state index is 0.00733. The maximum absolute atomic E-state index is 12.2. The normalized spacial score (nSPS) is 15.2. The van der Waals surface area contributed by atoms with E-state index in [0.717, 1.165) is 25.7 Å². The third-order valence-corrected chi connectivity index (χ3v) is 5.25. The molecule has 1 aliphatic carbocycles. The average molecular weight is 343 g/mol. The summed E-state index contributed by atoms with van der Waals surface area (Å²) in [5, 5.41) is 10.7. The van der Waals surface area contributed by atoms with Gasteiger partial charge in [0.05, 0.1) is 11.1 Å². The van der Waals surface area contributed by atoms with Crippen molar-refractivity contribution in [2.75, 3.05) is 0 Å². The minimum atomic E-state index is -0.417. The molecule has 3 heteroatoms. The number of hydrogen-bond donors (Lipinski definition) is 1. The smallest absolute Gasteiger partial charge is 0.164 e. The number of aliphatic hydroxyl groups excluding tert-OH is 1. The van der Waals surface area contributed by atoms with Gasteiger partial charge in [0.2, 0.25) is 0 Å². The summed E-state index contributed by atoms with van der Waals surface area (Å²) in [6.07, 6.45) is 4.42. The molecule has 0 saturated carbocycles. The molecular formula is C21H23ClO2. The molecule has 126 valence electrons. The van der Waals surface area contributed by atoms with Crippen LogP contribution in [0, 0.1) is 5.92 Å². The van der Waals surface area contributed by atoms with Gasteiger partial charge in [-0.25, -0.2) is 0 Å². The zero-order valence-corrected chi connectivity index (χ0v) is 14.5. The molecule has 0 amide bonds. The van der Waals surface area contributed by atoms with Gasteiger partial charge in [0.15, 0.2) is 5.78 Å². The number of carbonyl (C=O) groups is 1. The number of rotatable bonds is 7. The summed E-state index contributed by atoms with van der Waals surface area (Å²) in [5.41, 5.74) is 3.45. The van der Waals surface area contributed by atoms with Gasteiger partial charge < -0.3 is 5.11 Å². The van der Waals surface area contributed by atoms with Crippen LogP contribution in [-0.4, -0.2) is 17.0 Å². The predicted octanol–water partition coefficient (Wildman–Crippen LogP) is 4.86. The molecule has 0 radical (unpaired) electrons. The molecule has 0 bridgehead atoms. The molecule has 0 saturated heterocycles. The molecule has 0 fully saturated rings. The fourth-order valence-corrected chi connectivity index (χ4v) is 3.79. The van der Waals surface area contributed by atoms with Gasteiger partial charge in [0.1, 0.15) is 0 Å². The van der Waals surface area contributed by atoms with E-state index >= 15 is 0 Å². The van der Waals surface area contributed by atoms with E-state index in [-0.39, 0.29) is 5.78 Å². The molecule has 1 aliphatic rings. The second kappa shape index (κ2) is 7.96. The number of fused-ring (bicyclic) bond motifs is 1. The Kier molecular flexibility index (Phi) is 5.70. The topological polar surface area (TPSA) is 37.3 Å². The molecule has 1 N–H and O–H groups in total. The second-order valence-electron chi connectivity index (χ2n) is 6.72. The predicted molar refractivity (Wildman–Crippen MR) is 97.6 cm³/mol. The van der Waals surface area contributed by atoms with Crippen LogP contribution in [0.5, 0.6) is 0 Å². The van der Waals surface area contributed by atoms with Crippen molar-refractivity contribution in [3.8, 4) is 0 Å². The standard InChI is InChI=1S/C21H23ClO2/c22-20-8-4-3-7-19(20)21(24)12-11-18(23)10-9-15-13-16-5-1-2-6-17(16)14-15/h1-8,15,18,23H,9-14H2/t18-/m0/s1. The van der Waals surface area contributed by atoms with E-state index in [1.54, 1.807) is 12.1 Å². The third-order valence-electron chi connectivity index (χ3n) is 4.92. The first-order valence-electron chi connectivity index (χ1n) is 8.66. The Morgan fingerprint density at radius 2 is 1.67 bits per heavy atom. The van der Waals surface area contributed by atoms with Crippen molar-refractivity contribution >= 4 is 17.4 Å². The number of carbonyl (C=O) groups excluding carboxylic acids is 1. The minimum Gasteiger partial charge on any atom is -0.393 e. The molecule has 2 aromatic carbocycles. The van der Waals surface area contributed by atoms with E-state index in [4.69, 9.17) is 11.6 Å². The Morgan fingerprint density at radius 1 is 1.04 bits per heavy atom. The Labute approximate surface area is 148 Å². The number of aliphatic hydroxyl groups is 1. The molecular weight excluding hydrogens is 320 g/mol. The lowest BCUT2D eigenvalue weighted by Crippen LogP contribution is -2.12. The van der Waals surface area contributed by atoms with Crippen molar-refractivity contribution in [1.29, 1.82) is 0 Å². The van der Waals surface area contributed by atoms with E-state index in [0.29, 0.717) is 29.3 Å². The zero-order chi connectivity index (χ0) is 16.9. The van der Waals surface area contributed by atoms with E-state index in [9.17, 15) is 9.90 Å². The van der Waals surface area contributed by atoms with Gasteiger partial charge in [-0.1, -0.05) is 48.0 Å². The lowest BCUT2D eigenvalue weighted by atomic mass is 9.95. The Hall–Kier alpha value is -1.64. The molecule has 0 spiro atoms. The van der Waals surface area contributed by atoms with Crippen molar-refractivity contribution < 1.29 is 9.90 Å². The van der Waals surface area contributed by atoms with Gasteiger partial charge in [-0.2, -0.15) is 0 Å². The van der Waals surface area contributed by atoms with Gasteiger partial charge in [-0.05, 0) is 61.3 Å².